The minimum Gasteiger partial charge on any atom is -0.497 e. The Hall–Kier alpha value is -4.12. The average Bonchev–Trinajstić information content (AvgIpc) is 3.27. The normalized spacial score (nSPS) is 10.8. The Morgan fingerprint density at radius 1 is 0.710 bits per heavy atom. The molecule has 0 fully saturated rings. The first kappa shape index (κ1) is 20.2. The molecular weight excluding hydrogens is 424 g/mol. The molecule has 0 atom stereocenters. The average molecular weight is 438 g/mol. The lowest BCUT2D eigenvalue weighted by Crippen LogP contribution is -2.03. The molecule has 4 aromatic rings. The SMILES string of the molecule is COc1ccc(-c2c([N+](=O)[O-])c([N+](=O)[O-])c(-c3ccc(OC)cc3)c3nsnc23)cc1. The highest BCUT2D eigenvalue weighted by atomic mass is 32.1. The molecule has 0 unspecified atom stereocenters. The van der Waals surface area contributed by atoms with Crippen molar-refractivity contribution in [1.82, 2.24) is 8.75 Å². The van der Waals surface area contributed by atoms with Gasteiger partial charge in [-0.1, -0.05) is 24.3 Å². The van der Waals surface area contributed by atoms with Gasteiger partial charge in [-0.05, 0) is 35.4 Å². The third-order valence-corrected chi connectivity index (χ3v) is 5.31. The van der Waals surface area contributed by atoms with Crippen molar-refractivity contribution in [3.05, 3.63) is 68.8 Å². The van der Waals surface area contributed by atoms with E-state index >= 15 is 0 Å². The van der Waals surface area contributed by atoms with Crippen LogP contribution in [0.25, 0.3) is 33.3 Å². The fourth-order valence-corrected chi connectivity index (χ4v) is 3.96. The molecule has 0 aliphatic rings. The van der Waals surface area contributed by atoms with Crippen LogP contribution in [0.2, 0.25) is 0 Å². The van der Waals surface area contributed by atoms with Gasteiger partial charge in [0.05, 0.1) is 46.9 Å². The summed E-state index contributed by atoms with van der Waals surface area (Å²) in [6, 6.07) is 12.9. The summed E-state index contributed by atoms with van der Waals surface area (Å²) in [5.41, 5.74) is 0.0452. The zero-order valence-corrected chi connectivity index (χ0v) is 17.1. The van der Waals surface area contributed by atoms with Gasteiger partial charge in [-0.25, -0.2) is 0 Å². The molecular formula is C20H14N4O6S. The lowest BCUT2D eigenvalue weighted by molar-refractivity contribution is -0.421. The zero-order chi connectivity index (χ0) is 22.1. The number of benzene rings is 3. The maximum absolute atomic E-state index is 12.1. The first-order valence-electron chi connectivity index (χ1n) is 8.86. The van der Waals surface area contributed by atoms with Crippen LogP contribution in [0.1, 0.15) is 0 Å². The maximum atomic E-state index is 12.1. The molecule has 0 amide bonds. The molecule has 1 heterocycles. The lowest BCUT2D eigenvalue weighted by atomic mass is 9.93. The number of nitro groups is 2. The van der Waals surface area contributed by atoms with Gasteiger partial charge in [-0.2, -0.15) is 8.75 Å². The molecule has 0 saturated carbocycles. The minimum atomic E-state index is -0.747. The van der Waals surface area contributed by atoms with Gasteiger partial charge in [0.1, 0.15) is 22.5 Å². The number of methoxy groups -OCH3 is 2. The number of nitrogens with zero attached hydrogens (tertiary/aromatic N) is 4. The Morgan fingerprint density at radius 3 is 1.35 bits per heavy atom. The second-order valence-corrected chi connectivity index (χ2v) is 6.91. The molecule has 4 rings (SSSR count). The first-order valence-corrected chi connectivity index (χ1v) is 9.59. The van der Waals surface area contributed by atoms with Crippen LogP contribution in [0, 0.1) is 20.2 Å². The lowest BCUT2D eigenvalue weighted by Gasteiger charge is -2.10. The first-order chi connectivity index (χ1) is 15.0. The molecule has 1 aromatic heterocycles. The van der Waals surface area contributed by atoms with E-state index in [1.165, 1.54) is 14.2 Å². The van der Waals surface area contributed by atoms with E-state index in [0.29, 0.717) is 22.6 Å². The van der Waals surface area contributed by atoms with Crippen LogP contribution < -0.4 is 9.47 Å². The van der Waals surface area contributed by atoms with E-state index < -0.39 is 21.2 Å². The van der Waals surface area contributed by atoms with Crippen LogP contribution >= 0.6 is 11.7 Å². The van der Waals surface area contributed by atoms with Crippen molar-refractivity contribution in [3.8, 4) is 33.8 Å². The van der Waals surface area contributed by atoms with Gasteiger partial charge in [-0.3, -0.25) is 20.2 Å². The van der Waals surface area contributed by atoms with Crippen LogP contribution in [-0.4, -0.2) is 32.8 Å². The summed E-state index contributed by atoms with van der Waals surface area (Å²) in [6.07, 6.45) is 0. The van der Waals surface area contributed by atoms with Crippen molar-refractivity contribution in [2.45, 2.75) is 0 Å². The Labute approximate surface area is 179 Å². The maximum Gasteiger partial charge on any atom is 0.356 e. The number of hydrogen-bond acceptors (Lipinski definition) is 9. The van der Waals surface area contributed by atoms with Gasteiger partial charge in [0.15, 0.2) is 0 Å². The Morgan fingerprint density at radius 2 is 1.06 bits per heavy atom. The predicted molar refractivity (Wildman–Crippen MR) is 115 cm³/mol. The second kappa shape index (κ2) is 7.95. The summed E-state index contributed by atoms with van der Waals surface area (Å²) >= 11 is 0.832. The number of rotatable bonds is 6. The monoisotopic (exact) mass is 438 g/mol. The van der Waals surface area contributed by atoms with Gasteiger partial charge < -0.3 is 9.47 Å². The van der Waals surface area contributed by atoms with Gasteiger partial charge >= 0.3 is 11.4 Å². The Kier molecular flexibility index (Phi) is 5.17. The van der Waals surface area contributed by atoms with Crippen molar-refractivity contribution in [2.24, 2.45) is 0 Å². The fourth-order valence-electron chi connectivity index (χ4n) is 3.40. The van der Waals surface area contributed by atoms with E-state index in [9.17, 15) is 20.2 Å². The van der Waals surface area contributed by atoms with E-state index in [2.05, 4.69) is 8.75 Å². The van der Waals surface area contributed by atoms with Gasteiger partial charge in [-0.15, -0.1) is 0 Å². The van der Waals surface area contributed by atoms with Gasteiger partial charge in [0.2, 0.25) is 0 Å². The molecule has 0 saturated heterocycles. The molecule has 31 heavy (non-hydrogen) atoms. The molecule has 0 bridgehead atoms. The van der Waals surface area contributed by atoms with Crippen LogP contribution in [0.15, 0.2) is 48.5 Å². The highest BCUT2D eigenvalue weighted by Gasteiger charge is 2.38. The van der Waals surface area contributed by atoms with Gasteiger partial charge in [0, 0.05) is 0 Å². The summed E-state index contributed by atoms with van der Waals surface area (Å²) in [6.45, 7) is 0. The standard InChI is InChI=1S/C20H14N4O6S/c1-29-13-7-3-11(4-8-13)15-17-18(22-31-21-17)16(12-5-9-14(30-2)10-6-12)20(24(27)28)19(15)23(25)26/h3-10H,1-2H3. The van der Waals surface area contributed by atoms with Crippen molar-refractivity contribution in [2.75, 3.05) is 14.2 Å². The van der Waals surface area contributed by atoms with Crippen molar-refractivity contribution in [3.63, 3.8) is 0 Å². The molecule has 0 aliphatic heterocycles. The highest BCUT2D eigenvalue weighted by Crippen LogP contribution is 2.49. The summed E-state index contributed by atoms with van der Waals surface area (Å²) in [4.78, 5) is 22.7. The van der Waals surface area contributed by atoms with Gasteiger partial charge in [0.25, 0.3) is 0 Å². The van der Waals surface area contributed by atoms with Crippen molar-refractivity contribution < 1.29 is 19.3 Å². The number of aromatic nitrogens is 2. The molecule has 10 nitrogen and oxygen atoms in total. The molecule has 0 spiro atoms. The van der Waals surface area contributed by atoms with Crippen molar-refractivity contribution >= 4 is 34.1 Å². The van der Waals surface area contributed by atoms with Crippen LogP contribution in [0.3, 0.4) is 0 Å². The number of nitro benzene ring substituents is 2. The molecule has 0 N–H and O–H groups in total. The molecule has 156 valence electrons. The summed E-state index contributed by atoms with van der Waals surface area (Å²) in [5.74, 6) is 1.09. The number of fused-ring (bicyclic) bond motifs is 1. The molecule has 11 heteroatoms. The van der Waals surface area contributed by atoms with E-state index in [-0.39, 0.29) is 22.2 Å². The number of hydrogen-bond donors (Lipinski definition) is 0. The molecule has 3 aromatic carbocycles. The van der Waals surface area contributed by atoms with Crippen LogP contribution in [-0.2, 0) is 0 Å². The smallest absolute Gasteiger partial charge is 0.356 e. The van der Waals surface area contributed by atoms with Crippen LogP contribution in [0.4, 0.5) is 11.4 Å². The second-order valence-electron chi connectivity index (χ2n) is 6.38. The van der Waals surface area contributed by atoms with E-state index in [1.807, 2.05) is 0 Å². The summed E-state index contributed by atoms with van der Waals surface area (Å²) in [7, 11) is 2.99. The fraction of sp³-hybridized carbons (Fsp3) is 0.100. The number of ether oxygens (including phenoxy) is 2. The molecule has 0 radical (unpaired) electrons. The summed E-state index contributed by atoms with van der Waals surface area (Å²) in [5, 5.41) is 24.2. The topological polar surface area (TPSA) is 131 Å². The highest BCUT2D eigenvalue weighted by molar-refractivity contribution is 7.00. The third-order valence-electron chi connectivity index (χ3n) is 4.78. The minimum absolute atomic E-state index is 0.0420. The Balaban J connectivity index is 2.13. The zero-order valence-electron chi connectivity index (χ0n) is 16.3. The summed E-state index contributed by atoms with van der Waals surface area (Å²) < 4.78 is 18.8. The predicted octanol–water partition coefficient (Wildman–Crippen LogP) is 4.86. The molecule has 0 aliphatic carbocycles. The quantitative estimate of drug-likeness (QED) is 0.308. The van der Waals surface area contributed by atoms with E-state index in [4.69, 9.17) is 9.47 Å². The Bertz CT molecular complexity index is 1200. The van der Waals surface area contributed by atoms with Crippen LogP contribution in [0.5, 0.6) is 11.5 Å². The third kappa shape index (κ3) is 3.40. The van der Waals surface area contributed by atoms with E-state index in [0.717, 1.165) is 11.7 Å². The largest absolute Gasteiger partial charge is 0.497 e. The van der Waals surface area contributed by atoms with Crippen molar-refractivity contribution in [1.29, 1.82) is 0 Å². The van der Waals surface area contributed by atoms with E-state index in [1.54, 1.807) is 48.5 Å².